The third-order valence-corrected chi connectivity index (χ3v) is 9.20. The highest BCUT2D eigenvalue weighted by Crippen LogP contribution is 2.52. The molecule has 2 saturated carbocycles. The summed E-state index contributed by atoms with van der Waals surface area (Å²) in [6, 6.07) is 6.73. The normalized spacial score (nSPS) is 23.2. The first-order chi connectivity index (χ1) is 20.1. The zero-order valence-electron chi connectivity index (χ0n) is 24.5. The summed E-state index contributed by atoms with van der Waals surface area (Å²) >= 11 is 6.49. The third-order valence-electron chi connectivity index (χ3n) is 8.97. The molecule has 1 aromatic heterocycles. The zero-order valence-corrected chi connectivity index (χ0v) is 25.3. The number of alkyl halides is 6. The third kappa shape index (κ3) is 6.99. The lowest BCUT2D eigenvalue weighted by molar-refractivity contribution is -0.984. The van der Waals surface area contributed by atoms with E-state index in [0.29, 0.717) is 22.9 Å². The van der Waals surface area contributed by atoms with Crippen LogP contribution in [0.25, 0.3) is 5.69 Å². The highest BCUT2D eigenvalue weighted by molar-refractivity contribution is 6.30. The molecule has 16 heteroatoms. The van der Waals surface area contributed by atoms with Gasteiger partial charge in [-0.25, -0.2) is 0 Å². The summed E-state index contributed by atoms with van der Waals surface area (Å²) in [4.78, 5) is 19.2. The van der Waals surface area contributed by atoms with Gasteiger partial charge in [0.15, 0.2) is 11.9 Å². The quantitative estimate of drug-likeness (QED) is 0.465. The molecule has 0 radical (unpaired) electrons. The summed E-state index contributed by atoms with van der Waals surface area (Å²) in [7, 11) is 0. The first-order valence-corrected chi connectivity index (χ1v) is 14.4. The van der Waals surface area contributed by atoms with E-state index in [1.54, 1.807) is 4.90 Å². The molecule has 0 amide bonds. The maximum Gasteiger partial charge on any atom is 0.430 e. The minimum atomic E-state index is -5.19. The van der Waals surface area contributed by atoms with Gasteiger partial charge in [0.05, 0.1) is 29.7 Å². The van der Waals surface area contributed by atoms with Crippen molar-refractivity contribution >= 4 is 23.5 Å². The van der Waals surface area contributed by atoms with Gasteiger partial charge < -0.3 is 30.0 Å². The number of nitrogens with zero attached hydrogens (tertiary/aromatic N) is 3. The monoisotopic (exact) mass is 653 g/mol. The van der Waals surface area contributed by atoms with E-state index in [0.717, 1.165) is 17.4 Å². The van der Waals surface area contributed by atoms with Crippen LogP contribution < -0.4 is 20.4 Å². The average molecular weight is 654 g/mol. The number of hydrogen-bond acceptors (Lipinski definition) is 6. The number of halogens is 7. The second-order valence-corrected chi connectivity index (χ2v) is 13.9. The van der Waals surface area contributed by atoms with Gasteiger partial charge in [-0.1, -0.05) is 32.4 Å². The number of aliphatic carboxylic acids is 2. The highest BCUT2D eigenvalue weighted by Gasteiger charge is 2.58. The van der Waals surface area contributed by atoms with Crippen LogP contribution in [0.15, 0.2) is 18.2 Å². The minimum absolute atomic E-state index is 0.0958. The molecular formula is C28H34ClF6N5O4. The molecule has 2 aromatic rings. The van der Waals surface area contributed by atoms with Crippen LogP contribution in [0.4, 0.5) is 26.3 Å². The van der Waals surface area contributed by atoms with Gasteiger partial charge in [0, 0.05) is 34.8 Å². The van der Waals surface area contributed by atoms with Crippen LogP contribution in [-0.2, 0) is 16.1 Å². The molecule has 1 aromatic carbocycles. The van der Waals surface area contributed by atoms with E-state index in [1.165, 1.54) is 55.8 Å². The number of carboxylic acids is 2. The summed E-state index contributed by atoms with van der Waals surface area (Å²) in [5, 5.41) is 30.6. The summed E-state index contributed by atoms with van der Waals surface area (Å²) in [5.74, 6) is -3.15. The summed E-state index contributed by atoms with van der Waals surface area (Å²) < 4.78 is 65.5. The van der Waals surface area contributed by atoms with E-state index < -0.39 is 24.3 Å². The Morgan fingerprint density at radius 1 is 0.977 bits per heavy atom. The Labute approximate surface area is 254 Å². The molecule has 1 saturated heterocycles. The van der Waals surface area contributed by atoms with Gasteiger partial charge in [0.25, 0.3) is 0 Å². The smallest absolute Gasteiger partial charge is 0.430 e. The molecule has 2 aliphatic carbocycles. The van der Waals surface area contributed by atoms with Gasteiger partial charge in [0.1, 0.15) is 24.3 Å². The van der Waals surface area contributed by atoms with E-state index in [9.17, 15) is 26.3 Å². The number of aromatic nitrogens is 3. The fourth-order valence-electron chi connectivity index (χ4n) is 6.42. The Morgan fingerprint density at radius 3 is 1.89 bits per heavy atom. The molecular weight excluding hydrogens is 620 g/mol. The summed E-state index contributed by atoms with van der Waals surface area (Å²) in [5.41, 5.74) is 3.58. The fraction of sp³-hybridized carbons (Fsp3) is 0.643. The van der Waals surface area contributed by atoms with E-state index >= 15 is 0 Å². The second-order valence-electron chi connectivity index (χ2n) is 13.5. The number of rotatable bonds is 2. The largest absolute Gasteiger partial charge is 0.542 e. The van der Waals surface area contributed by atoms with Crippen molar-refractivity contribution < 1.29 is 56.4 Å². The first kappa shape index (κ1) is 34.0. The molecule has 244 valence electrons. The SMILES string of the molecule is CC(C)(C)C1c2nnc(C3CC4(C[NH2+]C4)C3)n2-c2ccc(Cl)cc2C[NH+]1C1(C)CC1.O=C([O-])C(F)(F)F.O=C([O-])C(F)(F)F. The van der Waals surface area contributed by atoms with Crippen LogP contribution in [0.5, 0.6) is 0 Å². The predicted molar refractivity (Wildman–Crippen MR) is 139 cm³/mol. The lowest BCUT2D eigenvalue weighted by Gasteiger charge is -2.50. The van der Waals surface area contributed by atoms with E-state index in [4.69, 9.17) is 41.6 Å². The van der Waals surface area contributed by atoms with Gasteiger partial charge in [0.2, 0.25) is 0 Å². The van der Waals surface area contributed by atoms with Crippen molar-refractivity contribution in [3.8, 4) is 5.69 Å². The first-order valence-electron chi connectivity index (χ1n) is 14.1. The van der Waals surface area contributed by atoms with Crippen molar-refractivity contribution in [3.05, 3.63) is 40.4 Å². The number of carbonyl (C=O) groups is 2. The van der Waals surface area contributed by atoms with Gasteiger partial charge in [-0.2, -0.15) is 26.3 Å². The highest BCUT2D eigenvalue weighted by atomic mass is 35.5. The molecule has 6 rings (SSSR count). The van der Waals surface area contributed by atoms with Crippen molar-refractivity contribution in [3.63, 3.8) is 0 Å². The van der Waals surface area contributed by atoms with Crippen LogP contribution in [0, 0.1) is 10.8 Å². The van der Waals surface area contributed by atoms with E-state index in [2.05, 4.69) is 49.7 Å². The van der Waals surface area contributed by atoms with Crippen molar-refractivity contribution in [2.75, 3.05) is 13.1 Å². The Kier molecular flexibility index (Phi) is 8.85. The number of nitrogens with two attached hydrogens (primary N) is 1. The van der Waals surface area contributed by atoms with Crippen LogP contribution in [-0.4, -0.2) is 57.7 Å². The van der Waals surface area contributed by atoms with Crippen molar-refractivity contribution in [2.24, 2.45) is 10.8 Å². The molecule has 44 heavy (non-hydrogen) atoms. The van der Waals surface area contributed by atoms with E-state index in [1.807, 2.05) is 6.07 Å². The lowest BCUT2D eigenvalue weighted by atomic mass is 9.58. The van der Waals surface area contributed by atoms with Crippen LogP contribution >= 0.6 is 11.6 Å². The Morgan fingerprint density at radius 2 is 1.48 bits per heavy atom. The predicted octanol–water partition coefficient (Wildman–Crippen LogP) is 0.997. The van der Waals surface area contributed by atoms with Crippen LogP contribution in [0.1, 0.15) is 82.6 Å². The fourth-order valence-corrected chi connectivity index (χ4v) is 6.61. The minimum Gasteiger partial charge on any atom is -0.542 e. The van der Waals surface area contributed by atoms with Crippen molar-refractivity contribution in [1.82, 2.24) is 14.8 Å². The maximum absolute atomic E-state index is 10.5. The molecule has 3 heterocycles. The maximum atomic E-state index is 10.5. The molecule has 1 spiro atoms. The molecule has 4 aliphatic rings. The van der Waals surface area contributed by atoms with Gasteiger partial charge in [-0.05, 0) is 38.0 Å². The number of nitrogens with one attached hydrogen (secondary N) is 1. The number of quaternary nitrogens is 2. The molecule has 9 nitrogen and oxygen atoms in total. The Hall–Kier alpha value is -2.91. The number of fused-ring (bicyclic) bond motifs is 3. The number of hydrogen-bond donors (Lipinski definition) is 2. The van der Waals surface area contributed by atoms with Crippen molar-refractivity contribution in [1.29, 1.82) is 0 Å². The summed E-state index contributed by atoms with van der Waals surface area (Å²) in [6.45, 7) is 13.1. The number of benzene rings is 1. The molecule has 3 N–H and O–H groups in total. The van der Waals surface area contributed by atoms with E-state index in [-0.39, 0.29) is 5.41 Å². The number of carboxylic acid groups (broad SMARTS) is 2. The molecule has 2 aliphatic heterocycles. The van der Waals surface area contributed by atoms with Gasteiger partial charge >= 0.3 is 12.4 Å². The summed E-state index contributed by atoms with van der Waals surface area (Å²) in [6.07, 6.45) is -5.29. The molecule has 3 fully saturated rings. The number of carbonyl (C=O) groups excluding carboxylic acids is 2. The zero-order chi connectivity index (χ0) is 33.0. The van der Waals surface area contributed by atoms with Crippen LogP contribution in [0.3, 0.4) is 0 Å². The molecule has 0 bridgehead atoms. The lowest BCUT2D eigenvalue weighted by Crippen LogP contribution is -3.17. The molecule has 2 unspecified atom stereocenters. The Bertz CT molecular complexity index is 1380. The topological polar surface area (TPSA) is 132 Å². The average Bonchev–Trinajstić information content (AvgIpc) is 3.47. The van der Waals surface area contributed by atoms with Crippen molar-refractivity contribution in [2.45, 2.75) is 89.8 Å². The standard InChI is InChI=1S/C24H32ClN5.2C2HF3O2/c1-22(2,3)19-21-28-27-20(16-10-24(11-16)13-26-14-24)30(21)18-6-5-17(25)9-15(18)12-29(19)23(4)7-8-23;2*3-2(4,5)1(6)7/h5-6,9,16,19,26H,7-8,10-14H2,1-4H3;2*(H,6,7). The van der Waals surface area contributed by atoms with Gasteiger partial charge in [-0.15, -0.1) is 10.2 Å². The molecule has 2 atom stereocenters. The second kappa shape index (κ2) is 11.5. The van der Waals surface area contributed by atoms with Crippen LogP contribution in [0.2, 0.25) is 5.02 Å². The van der Waals surface area contributed by atoms with Gasteiger partial charge in [-0.3, -0.25) is 4.57 Å². The Balaban J connectivity index is 0.000000265.